The average Bonchev–Trinajstić information content (AvgIpc) is 3.43. The molecule has 3 heterocycles. The number of carbonyl (C=O) groups is 1. The minimum absolute atomic E-state index is 0.229. The number of aryl methyl sites for hydroxylation is 1. The molecule has 0 spiro atoms. The lowest BCUT2D eigenvalue weighted by Gasteiger charge is -2.20. The Morgan fingerprint density at radius 1 is 0.886 bits per heavy atom. The van der Waals surface area contributed by atoms with E-state index in [1.54, 1.807) is 35.5 Å². The van der Waals surface area contributed by atoms with E-state index in [-0.39, 0.29) is 17.2 Å². The lowest BCUT2D eigenvalue weighted by molar-refractivity contribution is 0.262. The zero-order valence-electron chi connectivity index (χ0n) is 25.2. The molecule has 0 bridgehead atoms. The van der Waals surface area contributed by atoms with Gasteiger partial charge in [0.1, 0.15) is 11.6 Å². The molecule has 0 aliphatic heterocycles. The third kappa shape index (κ3) is 5.87. The van der Waals surface area contributed by atoms with E-state index >= 15 is 0 Å². The number of rotatable bonds is 6. The summed E-state index contributed by atoms with van der Waals surface area (Å²) in [5.74, 6) is 0.815. The Kier molecular flexibility index (Phi) is 7.57. The molecule has 0 aliphatic rings. The summed E-state index contributed by atoms with van der Waals surface area (Å²) in [5.41, 5.74) is 6.66. The highest BCUT2D eigenvalue weighted by atomic mass is 16.3. The van der Waals surface area contributed by atoms with Crippen LogP contribution < -0.4 is 10.6 Å². The molecule has 220 valence electrons. The van der Waals surface area contributed by atoms with E-state index in [4.69, 9.17) is 0 Å². The lowest BCUT2D eigenvalue weighted by atomic mass is 9.89. The zero-order valence-corrected chi connectivity index (χ0v) is 25.2. The molecular weight excluding hydrogens is 548 g/mol. The highest BCUT2D eigenvalue weighted by molar-refractivity contribution is 6.09. The molecule has 0 atom stereocenters. The van der Waals surface area contributed by atoms with Crippen molar-refractivity contribution in [1.82, 2.24) is 19.7 Å². The Morgan fingerprint density at radius 2 is 1.70 bits per heavy atom. The first-order valence-electron chi connectivity index (χ1n) is 14.5. The molecule has 2 amide bonds. The summed E-state index contributed by atoms with van der Waals surface area (Å²) in [7, 11) is 0. The number of hydrogen-bond donors (Lipinski definition) is 3. The zero-order chi connectivity index (χ0) is 30.8. The number of hydrogen-bond acceptors (Lipinski definition) is 5. The Morgan fingerprint density at radius 3 is 2.41 bits per heavy atom. The number of anilines is 2. The van der Waals surface area contributed by atoms with E-state index < -0.39 is 0 Å². The number of nitrogens with zero attached hydrogens (tertiary/aromatic N) is 4. The molecule has 8 nitrogen and oxygen atoms in total. The van der Waals surface area contributed by atoms with Gasteiger partial charge in [0.25, 0.3) is 0 Å². The maximum atomic E-state index is 13.5. The van der Waals surface area contributed by atoms with Crippen LogP contribution in [0.3, 0.4) is 0 Å². The van der Waals surface area contributed by atoms with E-state index in [1.165, 1.54) is 0 Å². The van der Waals surface area contributed by atoms with Gasteiger partial charge in [-0.3, -0.25) is 15.3 Å². The Bertz CT molecular complexity index is 1960. The van der Waals surface area contributed by atoms with Gasteiger partial charge < -0.3 is 10.4 Å². The van der Waals surface area contributed by atoms with Crippen molar-refractivity contribution in [2.24, 2.45) is 0 Å². The monoisotopic (exact) mass is 582 g/mol. The fraction of sp³-hybridized carbons (Fsp3) is 0.167. The molecule has 0 fully saturated rings. The standard InChI is InChI=1S/C36H34N6O2/c1-23-11-14-27(21-38-23)42-34(31(22-39-42)36(2,3)4)41-35(44)40-32-16-15-28(29-9-5-6-10-30(29)32)25-12-13-26(33(43)19-25)18-24-8-7-17-37-20-24/h5-17,19-22,43H,18H2,1-4H3,(H2,40,41,44). The van der Waals surface area contributed by atoms with Crippen LogP contribution in [0.4, 0.5) is 16.3 Å². The third-order valence-electron chi connectivity index (χ3n) is 7.64. The van der Waals surface area contributed by atoms with Crippen LogP contribution in [-0.2, 0) is 11.8 Å². The van der Waals surface area contributed by atoms with Gasteiger partial charge in [0.05, 0.1) is 23.8 Å². The van der Waals surface area contributed by atoms with Gasteiger partial charge in [-0.15, -0.1) is 0 Å². The van der Waals surface area contributed by atoms with Gasteiger partial charge in [-0.05, 0) is 70.3 Å². The number of phenols is 1. The van der Waals surface area contributed by atoms with Gasteiger partial charge >= 0.3 is 6.03 Å². The van der Waals surface area contributed by atoms with Crippen molar-refractivity contribution < 1.29 is 9.90 Å². The van der Waals surface area contributed by atoms with Gasteiger partial charge in [-0.25, -0.2) is 9.48 Å². The number of phenolic OH excluding ortho intramolecular Hbond substituents is 1. The topological polar surface area (TPSA) is 105 Å². The molecule has 44 heavy (non-hydrogen) atoms. The molecular formula is C36H34N6O2. The predicted octanol–water partition coefficient (Wildman–Crippen LogP) is 8.03. The van der Waals surface area contributed by atoms with E-state index in [9.17, 15) is 9.90 Å². The van der Waals surface area contributed by atoms with E-state index in [2.05, 4.69) is 46.5 Å². The van der Waals surface area contributed by atoms with Crippen LogP contribution in [0.1, 0.15) is 43.2 Å². The van der Waals surface area contributed by atoms with Crippen LogP contribution in [0.25, 0.3) is 27.6 Å². The summed E-state index contributed by atoms with van der Waals surface area (Å²) < 4.78 is 1.71. The molecule has 3 aromatic carbocycles. The first-order valence-corrected chi connectivity index (χ1v) is 14.5. The van der Waals surface area contributed by atoms with Crippen molar-refractivity contribution in [3.8, 4) is 22.6 Å². The Balaban J connectivity index is 1.29. The molecule has 0 saturated heterocycles. The summed E-state index contributed by atoms with van der Waals surface area (Å²) in [6, 6.07) is 24.9. The fourth-order valence-electron chi connectivity index (χ4n) is 5.32. The maximum Gasteiger partial charge on any atom is 0.324 e. The summed E-state index contributed by atoms with van der Waals surface area (Å²) in [5, 5.41) is 23.4. The summed E-state index contributed by atoms with van der Waals surface area (Å²) in [6.45, 7) is 8.18. The quantitative estimate of drug-likeness (QED) is 0.184. The number of amides is 2. The molecule has 3 N–H and O–H groups in total. The van der Waals surface area contributed by atoms with Crippen molar-refractivity contribution in [2.45, 2.75) is 39.5 Å². The van der Waals surface area contributed by atoms with E-state index in [0.29, 0.717) is 17.9 Å². The molecule has 8 heteroatoms. The van der Waals surface area contributed by atoms with Crippen LogP contribution in [0, 0.1) is 6.92 Å². The Hall–Kier alpha value is -5.50. The first-order chi connectivity index (χ1) is 21.2. The lowest BCUT2D eigenvalue weighted by Crippen LogP contribution is -2.24. The minimum atomic E-state index is -0.382. The largest absolute Gasteiger partial charge is 0.508 e. The maximum absolute atomic E-state index is 13.5. The normalized spacial score (nSPS) is 11.5. The number of urea groups is 1. The van der Waals surface area contributed by atoms with Gasteiger partial charge in [0.15, 0.2) is 0 Å². The van der Waals surface area contributed by atoms with Crippen molar-refractivity contribution in [1.29, 1.82) is 0 Å². The highest BCUT2D eigenvalue weighted by Gasteiger charge is 2.25. The number of pyridine rings is 2. The number of aromatic hydroxyl groups is 1. The second kappa shape index (κ2) is 11.6. The predicted molar refractivity (Wildman–Crippen MR) is 176 cm³/mol. The van der Waals surface area contributed by atoms with E-state index in [0.717, 1.165) is 50.0 Å². The molecule has 6 aromatic rings. The van der Waals surface area contributed by atoms with Crippen molar-refractivity contribution in [3.05, 3.63) is 126 Å². The van der Waals surface area contributed by atoms with Gasteiger partial charge in [-0.2, -0.15) is 5.10 Å². The smallest absolute Gasteiger partial charge is 0.324 e. The molecule has 0 radical (unpaired) electrons. The second-order valence-corrected chi connectivity index (χ2v) is 11.9. The van der Waals surface area contributed by atoms with Crippen LogP contribution in [0.2, 0.25) is 0 Å². The van der Waals surface area contributed by atoms with Crippen molar-refractivity contribution in [3.63, 3.8) is 0 Å². The van der Waals surface area contributed by atoms with Crippen LogP contribution >= 0.6 is 0 Å². The van der Waals surface area contributed by atoms with Gasteiger partial charge in [0.2, 0.25) is 0 Å². The molecule has 3 aromatic heterocycles. The van der Waals surface area contributed by atoms with E-state index in [1.807, 2.05) is 79.7 Å². The Labute approximate surface area is 256 Å². The molecule has 0 saturated carbocycles. The summed E-state index contributed by atoms with van der Waals surface area (Å²) in [6.07, 6.45) is 7.67. The SMILES string of the molecule is Cc1ccc(-n2ncc(C(C)(C)C)c2NC(=O)Nc2ccc(-c3ccc(Cc4cccnc4)c(O)c3)c3ccccc23)cn1. The molecule has 0 unspecified atom stereocenters. The first kappa shape index (κ1) is 28.6. The van der Waals surface area contributed by atoms with Crippen molar-refractivity contribution >= 4 is 28.3 Å². The molecule has 0 aliphatic carbocycles. The highest BCUT2D eigenvalue weighted by Crippen LogP contribution is 2.36. The third-order valence-corrected chi connectivity index (χ3v) is 7.64. The second-order valence-electron chi connectivity index (χ2n) is 11.9. The number of fused-ring (bicyclic) bond motifs is 1. The minimum Gasteiger partial charge on any atom is -0.508 e. The van der Waals surface area contributed by atoms with Crippen LogP contribution in [-0.4, -0.2) is 30.9 Å². The summed E-state index contributed by atoms with van der Waals surface area (Å²) in [4.78, 5) is 22.1. The van der Waals surface area contributed by atoms with Crippen LogP contribution in [0.5, 0.6) is 5.75 Å². The number of benzene rings is 3. The average molecular weight is 583 g/mol. The van der Waals surface area contributed by atoms with Crippen LogP contribution in [0.15, 0.2) is 104 Å². The number of carbonyl (C=O) groups excluding carboxylic acids is 1. The van der Waals surface area contributed by atoms with Crippen molar-refractivity contribution in [2.75, 3.05) is 10.6 Å². The fourth-order valence-corrected chi connectivity index (χ4v) is 5.32. The molecule has 6 rings (SSSR count). The number of aromatic nitrogens is 4. The van der Waals surface area contributed by atoms with Gasteiger partial charge in [-0.1, -0.05) is 69.3 Å². The van der Waals surface area contributed by atoms with Gasteiger partial charge in [0, 0.05) is 35.5 Å². The summed E-state index contributed by atoms with van der Waals surface area (Å²) >= 11 is 0. The number of nitrogens with one attached hydrogen (secondary N) is 2.